The molecule has 0 saturated heterocycles. The lowest BCUT2D eigenvalue weighted by atomic mass is 10.2. The molecule has 0 aliphatic carbocycles. The molecule has 0 aliphatic rings. The summed E-state index contributed by atoms with van der Waals surface area (Å²) in [6.07, 6.45) is 0. The van der Waals surface area contributed by atoms with Crippen molar-refractivity contribution in [2.75, 3.05) is 30.3 Å². The molecular formula is C15H20N4O. The molecule has 0 spiro atoms. The second-order valence-corrected chi connectivity index (χ2v) is 4.59. The minimum Gasteiger partial charge on any atom is -0.399 e. The summed E-state index contributed by atoms with van der Waals surface area (Å²) in [6.45, 7) is 5.60. The highest BCUT2D eigenvalue weighted by Gasteiger charge is 2.11. The highest BCUT2D eigenvalue weighted by Crippen LogP contribution is 2.20. The number of nitrogen functional groups attached to an aromatic ring is 1. The van der Waals surface area contributed by atoms with Crippen LogP contribution in [-0.4, -0.2) is 30.5 Å². The third kappa shape index (κ3) is 3.17. The number of likely N-dealkylation sites (N-methyl/N-ethyl adjacent to an activating group) is 2. The molecule has 3 N–H and O–H groups in total. The van der Waals surface area contributed by atoms with E-state index in [1.165, 1.54) is 0 Å². The van der Waals surface area contributed by atoms with Crippen LogP contribution in [0.15, 0.2) is 30.3 Å². The fourth-order valence-corrected chi connectivity index (χ4v) is 2.09. The number of aromatic nitrogens is 1. The molecule has 1 heterocycles. The van der Waals surface area contributed by atoms with Crippen molar-refractivity contribution >= 4 is 28.3 Å². The van der Waals surface area contributed by atoms with Crippen LogP contribution >= 0.6 is 0 Å². The van der Waals surface area contributed by atoms with Crippen LogP contribution in [0.2, 0.25) is 0 Å². The van der Waals surface area contributed by atoms with Crippen LogP contribution in [0, 0.1) is 0 Å². The molecule has 0 saturated carbocycles. The predicted molar refractivity (Wildman–Crippen MR) is 82.7 cm³/mol. The number of nitrogens with two attached hydrogens (primary N) is 1. The van der Waals surface area contributed by atoms with E-state index in [-0.39, 0.29) is 5.91 Å². The smallest absolute Gasteiger partial charge is 0.239 e. The van der Waals surface area contributed by atoms with Gasteiger partial charge in [0, 0.05) is 24.2 Å². The summed E-state index contributed by atoms with van der Waals surface area (Å²) in [4.78, 5) is 18.2. The molecule has 1 aromatic heterocycles. The molecule has 0 radical (unpaired) electrons. The molecule has 0 unspecified atom stereocenters. The Morgan fingerprint density at radius 3 is 2.80 bits per heavy atom. The van der Waals surface area contributed by atoms with Gasteiger partial charge in [0.25, 0.3) is 0 Å². The van der Waals surface area contributed by atoms with Crippen LogP contribution in [0.5, 0.6) is 0 Å². The van der Waals surface area contributed by atoms with E-state index in [2.05, 4.69) is 10.3 Å². The van der Waals surface area contributed by atoms with Gasteiger partial charge in [-0.1, -0.05) is 0 Å². The summed E-state index contributed by atoms with van der Waals surface area (Å²) in [6, 6.07) is 9.53. The van der Waals surface area contributed by atoms with Crippen LogP contribution in [-0.2, 0) is 4.79 Å². The zero-order valence-electron chi connectivity index (χ0n) is 11.9. The zero-order chi connectivity index (χ0) is 14.5. The first kappa shape index (κ1) is 14.1. The first-order valence-corrected chi connectivity index (χ1v) is 6.82. The highest BCUT2D eigenvalue weighted by molar-refractivity contribution is 5.85. The molecule has 0 fully saturated rings. The maximum atomic E-state index is 11.7. The number of anilines is 2. The lowest BCUT2D eigenvalue weighted by Crippen LogP contribution is -2.37. The normalized spacial score (nSPS) is 10.5. The fraction of sp³-hybridized carbons (Fsp3) is 0.333. The van der Waals surface area contributed by atoms with Gasteiger partial charge in [0.05, 0.1) is 12.1 Å². The van der Waals surface area contributed by atoms with Crippen molar-refractivity contribution in [3.8, 4) is 0 Å². The van der Waals surface area contributed by atoms with E-state index in [9.17, 15) is 4.79 Å². The summed E-state index contributed by atoms with van der Waals surface area (Å²) in [7, 11) is 0. The Labute approximate surface area is 118 Å². The molecule has 20 heavy (non-hydrogen) atoms. The van der Waals surface area contributed by atoms with Gasteiger partial charge < -0.3 is 16.0 Å². The highest BCUT2D eigenvalue weighted by atomic mass is 16.2. The van der Waals surface area contributed by atoms with Gasteiger partial charge in [0.1, 0.15) is 5.82 Å². The van der Waals surface area contributed by atoms with Crippen LogP contribution < -0.4 is 16.0 Å². The number of carbonyl (C=O) groups excluding carboxylic acids is 1. The standard InChI is InChI=1S/C15H20N4O/c1-3-17-15(20)10-19(4-2)14-8-5-11-9-12(16)6-7-13(11)18-14/h5-9H,3-4,10,16H2,1-2H3,(H,17,20). The summed E-state index contributed by atoms with van der Waals surface area (Å²) < 4.78 is 0. The number of amides is 1. The monoisotopic (exact) mass is 272 g/mol. The largest absolute Gasteiger partial charge is 0.399 e. The average molecular weight is 272 g/mol. The van der Waals surface area contributed by atoms with Crippen LogP contribution in [0.1, 0.15) is 13.8 Å². The first-order chi connectivity index (χ1) is 9.63. The molecule has 1 aromatic carbocycles. The third-order valence-electron chi connectivity index (χ3n) is 3.11. The number of rotatable bonds is 5. The Balaban J connectivity index is 2.25. The predicted octanol–water partition coefficient (Wildman–Crippen LogP) is 1.78. The number of pyridine rings is 1. The second kappa shape index (κ2) is 6.23. The van der Waals surface area contributed by atoms with E-state index in [0.717, 1.165) is 29.0 Å². The van der Waals surface area contributed by atoms with Gasteiger partial charge in [0.2, 0.25) is 5.91 Å². The van der Waals surface area contributed by atoms with Crippen LogP contribution in [0.3, 0.4) is 0 Å². The van der Waals surface area contributed by atoms with Gasteiger partial charge in [-0.15, -0.1) is 0 Å². The summed E-state index contributed by atoms with van der Waals surface area (Å²) >= 11 is 0. The Morgan fingerprint density at radius 2 is 2.10 bits per heavy atom. The maximum Gasteiger partial charge on any atom is 0.239 e. The van der Waals surface area contributed by atoms with Crippen LogP contribution in [0.25, 0.3) is 10.9 Å². The van der Waals surface area contributed by atoms with Gasteiger partial charge in [0.15, 0.2) is 0 Å². The average Bonchev–Trinajstić information content (AvgIpc) is 2.44. The zero-order valence-corrected chi connectivity index (χ0v) is 11.9. The Hall–Kier alpha value is -2.30. The number of nitrogens with one attached hydrogen (secondary N) is 1. The fourth-order valence-electron chi connectivity index (χ4n) is 2.09. The summed E-state index contributed by atoms with van der Waals surface area (Å²) in [5, 5.41) is 3.80. The van der Waals surface area contributed by atoms with Gasteiger partial charge in [-0.3, -0.25) is 4.79 Å². The molecule has 2 aromatic rings. The van der Waals surface area contributed by atoms with Crippen molar-refractivity contribution < 1.29 is 4.79 Å². The van der Waals surface area contributed by atoms with E-state index in [1.807, 2.05) is 49.1 Å². The second-order valence-electron chi connectivity index (χ2n) is 4.59. The molecule has 2 rings (SSSR count). The van der Waals surface area contributed by atoms with Crippen molar-refractivity contribution in [2.24, 2.45) is 0 Å². The van der Waals surface area contributed by atoms with E-state index in [1.54, 1.807) is 0 Å². The number of carbonyl (C=O) groups is 1. The SMILES string of the molecule is CCNC(=O)CN(CC)c1ccc2cc(N)ccc2n1. The van der Waals surface area contributed by atoms with Crippen LogP contribution in [0.4, 0.5) is 11.5 Å². The van der Waals surface area contributed by atoms with E-state index >= 15 is 0 Å². The number of fused-ring (bicyclic) bond motifs is 1. The molecule has 0 atom stereocenters. The molecule has 5 heteroatoms. The maximum absolute atomic E-state index is 11.7. The van der Waals surface area contributed by atoms with E-state index < -0.39 is 0 Å². The number of nitrogens with zero attached hydrogens (tertiary/aromatic N) is 2. The number of hydrogen-bond acceptors (Lipinski definition) is 4. The molecule has 106 valence electrons. The quantitative estimate of drug-likeness (QED) is 0.814. The molecule has 0 bridgehead atoms. The Kier molecular flexibility index (Phi) is 4.40. The first-order valence-electron chi connectivity index (χ1n) is 6.82. The lowest BCUT2D eigenvalue weighted by Gasteiger charge is -2.21. The van der Waals surface area contributed by atoms with Crippen molar-refractivity contribution in [2.45, 2.75) is 13.8 Å². The van der Waals surface area contributed by atoms with Gasteiger partial charge in [-0.25, -0.2) is 4.98 Å². The van der Waals surface area contributed by atoms with E-state index in [0.29, 0.717) is 13.1 Å². The number of benzene rings is 1. The summed E-state index contributed by atoms with van der Waals surface area (Å²) in [5.74, 6) is 0.810. The van der Waals surface area contributed by atoms with Crippen molar-refractivity contribution in [1.82, 2.24) is 10.3 Å². The Morgan fingerprint density at radius 1 is 1.30 bits per heavy atom. The minimum atomic E-state index is 0.00792. The van der Waals surface area contributed by atoms with Crippen molar-refractivity contribution in [3.05, 3.63) is 30.3 Å². The number of hydrogen-bond donors (Lipinski definition) is 2. The molecule has 0 aliphatic heterocycles. The molecule has 5 nitrogen and oxygen atoms in total. The minimum absolute atomic E-state index is 0.00792. The topological polar surface area (TPSA) is 71.2 Å². The molecular weight excluding hydrogens is 252 g/mol. The van der Waals surface area contributed by atoms with Gasteiger partial charge in [-0.05, 0) is 44.2 Å². The van der Waals surface area contributed by atoms with Crippen molar-refractivity contribution in [1.29, 1.82) is 0 Å². The van der Waals surface area contributed by atoms with E-state index in [4.69, 9.17) is 5.73 Å². The van der Waals surface area contributed by atoms with Gasteiger partial charge >= 0.3 is 0 Å². The van der Waals surface area contributed by atoms with Crippen molar-refractivity contribution in [3.63, 3.8) is 0 Å². The summed E-state index contributed by atoms with van der Waals surface area (Å²) in [5.41, 5.74) is 7.36. The lowest BCUT2D eigenvalue weighted by molar-refractivity contribution is -0.119. The molecule has 1 amide bonds. The third-order valence-corrected chi connectivity index (χ3v) is 3.11. The van der Waals surface area contributed by atoms with Gasteiger partial charge in [-0.2, -0.15) is 0 Å². The Bertz CT molecular complexity index is 612.